The number of carbonyl (C=O) groups excluding carboxylic acids is 1. The lowest BCUT2D eigenvalue weighted by Crippen LogP contribution is -2.30. The third-order valence-electron chi connectivity index (χ3n) is 1.94. The van der Waals surface area contributed by atoms with Crippen LogP contribution < -0.4 is 11.1 Å². The largest absolute Gasteiger partial charge is 0.354 e. The monoisotopic (exact) mass is 210 g/mol. The summed E-state index contributed by atoms with van der Waals surface area (Å²) < 4.78 is 1.88. The molecule has 0 unspecified atom stereocenters. The summed E-state index contributed by atoms with van der Waals surface area (Å²) in [6.45, 7) is 4.97. The van der Waals surface area contributed by atoms with Crippen LogP contribution in [0, 0.1) is 0 Å². The Morgan fingerprint density at radius 3 is 2.93 bits per heavy atom. The minimum Gasteiger partial charge on any atom is -0.354 e. The molecule has 0 bridgehead atoms. The lowest BCUT2D eigenvalue weighted by Gasteiger charge is -2.08. The molecule has 0 atom stereocenters. The summed E-state index contributed by atoms with van der Waals surface area (Å²) in [6, 6.07) is 0.194. The van der Waals surface area contributed by atoms with Gasteiger partial charge >= 0.3 is 0 Å². The summed E-state index contributed by atoms with van der Waals surface area (Å²) in [4.78, 5) is 15.4. The van der Waals surface area contributed by atoms with Crippen LogP contribution in [-0.4, -0.2) is 21.5 Å². The van der Waals surface area contributed by atoms with E-state index in [9.17, 15) is 4.79 Å². The van der Waals surface area contributed by atoms with Crippen molar-refractivity contribution in [3.05, 3.63) is 18.2 Å². The first kappa shape index (κ1) is 11.7. The van der Waals surface area contributed by atoms with Crippen LogP contribution >= 0.6 is 0 Å². The predicted octanol–water partition coefficient (Wildman–Crippen LogP) is 0.256. The third-order valence-corrected chi connectivity index (χ3v) is 1.94. The minimum absolute atomic E-state index is 0.0630. The van der Waals surface area contributed by atoms with Crippen molar-refractivity contribution in [2.75, 3.05) is 0 Å². The van der Waals surface area contributed by atoms with Crippen LogP contribution in [-0.2, 0) is 17.9 Å². The van der Waals surface area contributed by atoms with Crippen molar-refractivity contribution in [2.45, 2.75) is 39.4 Å². The predicted molar refractivity (Wildman–Crippen MR) is 58.0 cm³/mol. The molecule has 1 aromatic rings. The van der Waals surface area contributed by atoms with Crippen molar-refractivity contribution < 1.29 is 4.79 Å². The Bertz CT molecular complexity index is 319. The Morgan fingerprint density at radius 2 is 2.40 bits per heavy atom. The van der Waals surface area contributed by atoms with E-state index >= 15 is 0 Å². The molecule has 1 aromatic heterocycles. The van der Waals surface area contributed by atoms with E-state index in [1.165, 1.54) is 0 Å². The Hall–Kier alpha value is -1.36. The van der Waals surface area contributed by atoms with Crippen molar-refractivity contribution in [1.29, 1.82) is 0 Å². The number of aryl methyl sites for hydroxylation is 1. The van der Waals surface area contributed by atoms with Crippen LogP contribution in [0.5, 0.6) is 0 Å². The highest BCUT2D eigenvalue weighted by molar-refractivity contribution is 5.76. The number of hydrogen-bond acceptors (Lipinski definition) is 3. The molecule has 0 saturated carbocycles. The molecule has 0 spiro atoms. The average Bonchev–Trinajstić information content (AvgIpc) is 2.61. The molecule has 1 rings (SSSR count). The zero-order valence-corrected chi connectivity index (χ0v) is 9.23. The van der Waals surface area contributed by atoms with Gasteiger partial charge in [-0.05, 0) is 13.8 Å². The standard InChI is InChI=1S/C10H18N4O/c1-8(2)13-10(15)3-4-14-6-9(5-11)12-7-14/h6-8H,3-5,11H2,1-2H3,(H,13,15). The summed E-state index contributed by atoms with van der Waals surface area (Å²) in [7, 11) is 0. The Labute approximate surface area is 89.7 Å². The quantitative estimate of drug-likeness (QED) is 0.732. The van der Waals surface area contributed by atoms with Crippen LogP contribution in [0.25, 0.3) is 0 Å². The van der Waals surface area contributed by atoms with E-state index in [4.69, 9.17) is 5.73 Å². The van der Waals surface area contributed by atoms with Gasteiger partial charge in [-0.3, -0.25) is 4.79 Å². The number of amides is 1. The number of aromatic nitrogens is 2. The maximum absolute atomic E-state index is 11.3. The summed E-state index contributed by atoms with van der Waals surface area (Å²) >= 11 is 0. The fourth-order valence-corrected chi connectivity index (χ4v) is 1.26. The molecule has 0 saturated heterocycles. The number of imidazole rings is 1. The first-order chi connectivity index (χ1) is 7.11. The van der Waals surface area contributed by atoms with Gasteiger partial charge in [-0.1, -0.05) is 0 Å². The van der Waals surface area contributed by atoms with E-state index in [2.05, 4.69) is 10.3 Å². The second-order valence-electron chi connectivity index (χ2n) is 3.78. The Kier molecular flexibility index (Phi) is 4.30. The van der Waals surface area contributed by atoms with Gasteiger partial charge in [-0.15, -0.1) is 0 Å². The number of nitrogens with zero attached hydrogens (tertiary/aromatic N) is 2. The number of nitrogens with two attached hydrogens (primary N) is 1. The lowest BCUT2D eigenvalue weighted by molar-refractivity contribution is -0.121. The molecule has 5 nitrogen and oxygen atoms in total. The molecule has 84 valence electrons. The topological polar surface area (TPSA) is 72.9 Å². The molecular weight excluding hydrogens is 192 g/mol. The molecule has 0 aromatic carbocycles. The summed E-state index contributed by atoms with van der Waals surface area (Å²) in [5.41, 5.74) is 6.28. The molecule has 3 N–H and O–H groups in total. The van der Waals surface area contributed by atoms with Crippen molar-refractivity contribution in [3.63, 3.8) is 0 Å². The summed E-state index contributed by atoms with van der Waals surface area (Å²) in [5, 5.41) is 2.84. The molecular formula is C10H18N4O. The normalized spacial score (nSPS) is 10.7. The molecule has 5 heteroatoms. The Balaban J connectivity index is 2.33. The maximum Gasteiger partial charge on any atom is 0.221 e. The van der Waals surface area contributed by atoms with Crippen molar-refractivity contribution >= 4 is 5.91 Å². The van der Waals surface area contributed by atoms with E-state index in [-0.39, 0.29) is 11.9 Å². The lowest BCUT2D eigenvalue weighted by atomic mass is 10.3. The molecule has 0 aliphatic rings. The fraction of sp³-hybridized carbons (Fsp3) is 0.600. The van der Waals surface area contributed by atoms with Gasteiger partial charge in [0.15, 0.2) is 0 Å². The van der Waals surface area contributed by atoms with E-state index < -0.39 is 0 Å². The van der Waals surface area contributed by atoms with Crippen molar-refractivity contribution in [3.8, 4) is 0 Å². The van der Waals surface area contributed by atoms with Crippen LogP contribution in [0.2, 0.25) is 0 Å². The SMILES string of the molecule is CC(C)NC(=O)CCn1cnc(CN)c1. The zero-order chi connectivity index (χ0) is 11.3. The highest BCUT2D eigenvalue weighted by Gasteiger charge is 2.03. The number of hydrogen-bond donors (Lipinski definition) is 2. The van der Waals surface area contributed by atoms with Gasteiger partial charge < -0.3 is 15.6 Å². The highest BCUT2D eigenvalue weighted by atomic mass is 16.1. The van der Waals surface area contributed by atoms with Gasteiger partial charge in [0.2, 0.25) is 5.91 Å². The molecule has 0 fully saturated rings. The van der Waals surface area contributed by atoms with Crippen molar-refractivity contribution in [2.24, 2.45) is 5.73 Å². The zero-order valence-electron chi connectivity index (χ0n) is 9.23. The highest BCUT2D eigenvalue weighted by Crippen LogP contribution is 1.96. The average molecular weight is 210 g/mol. The second kappa shape index (κ2) is 5.50. The van der Waals surface area contributed by atoms with E-state index in [0.717, 1.165) is 5.69 Å². The Morgan fingerprint density at radius 1 is 1.67 bits per heavy atom. The van der Waals surface area contributed by atoms with E-state index in [1.54, 1.807) is 6.33 Å². The van der Waals surface area contributed by atoms with Crippen LogP contribution in [0.15, 0.2) is 12.5 Å². The first-order valence-electron chi connectivity index (χ1n) is 5.12. The third kappa shape index (κ3) is 4.12. The molecule has 0 radical (unpaired) electrons. The van der Waals surface area contributed by atoms with Gasteiger partial charge in [-0.2, -0.15) is 0 Å². The van der Waals surface area contributed by atoms with Crippen LogP contribution in [0.3, 0.4) is 0 Å². The summed E-state index contributed by atoms with van der Waals surface area (Å²) in [5.74, 6) is 0.0630. The van der Waals surface area contributed by atoms with Crippen LogP contribution in [0.1, 0.15) is 26.0 Å². The molecule has 0 aliphatic heterocycles. The number of nitrogens with one attached hydrogen (secondary N) is 1. The van der Waals surface area contributed by atoms with Gasteiger partial charge in [-0.25, -0.2) is 4.98 Å². The van der Waals surface area contributed by atoms with Crippen molar-refractivity contribution in [1.82, 2.24) is 14.9 Å². The van der Waals surface area contributed by atoms with Crippen LogP contribution in [0.4, 0.5) is 0 Å². The van der Waals surface area contributed by atoms with Gasteiger partial charge in [0, 0.05) is 31.7 Å². The molecule has 1 heterocycles. The van der Waals surface area contributed by atoms with E-state index in [0.29, 0.717) is 19.5 Å². The number of carbonyl (C=O) groups is 1. The smallest absolute Gasteiger partial charge is 0.221 e. The van der Waals surface area contributed by atoms with Gasteiger partial charge in [0.05, 0.1) is 12.0 Å². The van der Waals surface area contributed by atoms with E-state index in [1.807, 2.05) is 24.6 Å². The maximum atomic E-state index is 11.3. The van der Waals surface area contributed by atoms with Gasteiger partial charge in [0.1, 0.15) is 0 Å². The second-order valence-corrected chi connectivity index (χ2v) is 3.78. The van der Waals surface area contributed by atoms with Gasteiger partial charge in [0.25, 0.3) is 0 Å². The molecule has 15 heavy (non-hydrogen) atoms. The molecule has 0 aliphatic carbocycles. The minimum atomic E-state index is 0.0630. The first-order valence-corrected chi connectivity index (χ1v) is 5.12. The summed E-state index contributed by atoms with van der Waals surface area (Å²) in [6.07, 6.45) is 4.03. The molecule has 1 amide bonds. The number of rotatable bonds is 5. The fourth-order valence-electron chi connectivity index (χ4n) is 1.26.